The first-order valence-corrected chi connectivity index (χ1v) is 9.08. The molecule has 22 heavy (non-hydrogen) atoms. The van der Waals surface area contributed by atoms with Gasteiger partial charge >= 0.3 is 7.82 Å². The molecule has 0 aromatic carbocycles. The Hall–Kier alpha value is -0.230. The van der Waals surface area contributed by atoms with Crippen molar-refractivity contribution in [2.45, 2.75) is 84.1 Å². The van der Waals surface area contributed by atoms with Crippen LogP contribution in [-0.2, 0) is 23.1 Å². The van der Waals surface area contributed by atoms with Gasteiger partial charge in [-0.3, -0.25) is 9.05 Å². The van der Waals surface area contributed by atoms with Crippen LogP contribution in [0.15, 0.2) is 12.7 Å². The van der Waals surface area contributed by atoms with Crippen molar-refractivity contribution in [3.63, 3.8) is 0 Å². The Labute approximate surface area is 133 Å². The van der Waals surface area contributed by atoms with E-state index in [1.54, 1.807) is 20.8 Å². The molecule has 1 saturated heterocycles. The van der Waals surface area contributed by atoms with Gasteiger partial charge in [-0.25, -0.2) is 4.57 Å². The molecular weight excluding hydrogens is 307 g/mol. The summed E-state index contributed by atoms with van der Waals surface area (Å²) in [7, 11) is -4.23. The molecule has 1 heterocycles. The van der Waals surface area contributed by atoms with Crippen molar-refractivity contribution in [2.24, 2.45) is 0 Å². The predicted octanol–water partition coefficient (Wildman–Crippen LogP) is 3.44. The molecule has 7 heteroatoms. The Bertz CT molecular complexity index is 417. The largest absolute Gasteiger partial charge is 0.473 e. The molecule has 130 valence electrons. The zero-order chi connectivity index (χ0) is 17.1. The Kier molecular flexibility index (Phi) is 6.81. The minimum absolute atomic E-state index is 0.0126. The van der Waals surface area contributed by atoms with E-state index in [2.05, 4.69) is 6.58 Å². The predicted molar refractivity (Wildman–Crippen MR) is 84.7 cm³/mol. The van der Waals surface area contributed by atoms with Gasteiger partial charge in [0.15, 0.2) is 0 Å². The second-order valence-electron chi connectivity index (χ2n) is 6.85. The molecule has 1 aliphatic heterocycles. The molecule has 0 radical (unpaired) electrons. The Morgan fingerprint density at radius 1 is 1.41 bits per heavy atom. The summed E-state index contributed by atoms with van der Waals surface area (Å²) in [6, 6.07) is 0. The normalized spacial score (nSPS) is 30.3. The van der Waals surface area contributed by atoms with Gasteiger partial charge in [-0.1, -0.05) is 6.08 Å². The summed E-state index contributed by atoms with van der Waals surface area (Å²) < 4.78 is 34.1. The number of rotatable bonds is 7. The highest BCUT2D eigenvalue weighted by molar-refractivity contribution is 7.47. The standard InChI is InChI=1S/C15H29O6P/c1-8-12(20-22(16,17)21-15(5,6)7)14-13(18-10(2)3)9-11(4)19-14/h8,10-14H,1,9H2,2-7H3,(H,16,17)/t11-,12-,13?,14+/m0/s1. The number of phosphoric ester groups is 1. The third-order valence-corrected chi connectivity index (χ3v) is 4.26. The van der Waals surface area contributed by atoms with E-state index in [1.807, 2.05) is 20.8 Å². The molecule has 1 aliphatic rings. The lowest BCUT2D eigenvalue weighted by molar-refractivity contribution is -0.0831. The zero-order valence-corrected chi connectivity index (χ0v) is 15.2. The zero-order valence-electron chi connectivity index (χ0n) is 14.3. The van der Waals surface area contributed by atoms with Crippen LogP contribution in [0, 0.1) is 0 Å². The Morgan fingerprint density at radius 3 is 2.45 bits per heavy atom. The summed E-state index contributed by atoms with van der Waals surface area (Å²) in [6.07, 6.45) is 0.680. The molecule has 0 aromatic heterocycles. The summed E-state index contributed by atoms with van der Waals surface area (Å²) in [5, 5.41) is 0. The molecule has 1 N–H and O–H groups in total. The van der Waals surface area contributed by atoms with Gasteiger partial charge in [0.05, 0.1) is 23.9 Å². The van der Waals surface area contributed by atoms with Gasteiger partial charge in [0.1, 0.15) is 12.2 Å². The van der Waals surface area contributed by atoms with Gasteiger partial charge < -0.3 is 14.4 Å². The van der Waals surface area contributed by atoms with Crippen LogP contribution >= 0.6 is 7.82 Å². The SMILES string of the molecule is C=C[C@H](OP(=O)(O)OC(C)(C)C)[C@H]1O[C@@H](C)CC1OC(C)C. The van der Waals surface area contributed by atoms with Gasteiger partial charge in [0.2, 0.25) is 0 Å². The van der Waals surface area contributed by atoms with E-state index in [-0.39, 0.29) is 18.3 Å². The highest BCUT2D eigenvalue weighted by Gasteiger charge is 2.42. The summed E-state index contributed by atoms with van der Waals surface area (Å²) in [5.74, 6) is 0. The van der Waals surface area contributed by atoms with Crippen LogP contribution in [-0.4, -0.2) is 41.0 Å². The van der Waals surface area contributed by atoms with Gasteiger partial charge in [-0.15, -0.1) is 6.58 Å². The molecule has 0 amide bonds. The van der Waals surface area contributed by atoms with E-state index in [1.165, 1.54) is 6.08 Å². The quantitative estimate of drug-likeness (QED) is 0.567. The topological polar surface area (TPSA) is 74.2 Å². The van der Waals surface area contributed by atoms with E-state index >= 15 is 0 Å². The van der Waals surface area contributed by atoms with Crippen molar-refractivity contribution >= 4 is 7.82 Å². The summed E-state index contributed by atoms with van der Waals surface area (Å²) in [4.78, 5) is 9.91. The molecule has 0 aromatic rings. The lowest BCUT2D eigenvalue weighted by atomic mass is 10.1. The summed E-state index contributed by atoms with van der Waals surface area (Å²) >= 11 is 0. The van der Waals surface area contributed by atoms with Crippen molar-refractivity contribution in [3.05, 3.63) is 12.7 Å². The van der Waals surface area contributed by atoms with Crippen LogP contribution in [0.1, 0.15) is 48.0 Å². The molecule has 0 spiro atoms. The minimum atomic E-state index is -4.23. The second-order valence-corrected chi connectivity index (χ2v) is 8.18. The molecule has 0 saturated carbocycles. The first-order chi connectivity index (χ1) is 9.93. The van der Waals surface area contributed by atoms with E-state index < -0.39 is 25.6 Å². The maximum absolute atomic E-state index is 12.1. The number of phosphoric acid groups is 1. The Balaban J connectivity index is 2.81. The van der Waals surface area contributed by atoms with E-state index in [9.17, 15) is 9.46 Å². The molecule has 1 rings (SSSR count). The molecule has 6 nitrogen and oxygen atoms in total. The van der Waals surface area contributed by atoms with Crippen molar-refractivity contribution in [3.8, 4) is 0 Å². The van der Waals surface area contributed by atoms with Crippen LogP contribution in [0.3, 0.4) is 0 Å². The van der Waals surface area contributed by atoms with Crippen molar-refractivity contribution < 1.29 is 28.0 Å². The van der Waals surface area contributed by atoms with E-state index in [0.717, 1.165) is 0 Å². The molecule has 1 fully saturated rings. The lowest BCUT2D eigenvalue weighted by Crippen LogP contribution is -2.38. The minimum Gasteiger partial charge on any atom is -0.373 e. The fourth-order valence-electron chi connectivity index (χ4n) is 2.40. The van der Waals surface area contributed by atoms with E-state index in [4.69, 9.17) is 18.5 Å². The van der Waals surface area contributed by atoms with E-state index in [0.29, 0.717) is 6.42 Å². The first-order valence-electron chi connectivity index (χ1n) is 7.59. The smallest absolute Gasteiger partial charge is 0.373 e. The number of ether oxygens (including phenoxy) is 2. The first kappa shape index (κ1) is 19.8. The van der Waals surface area contributed by atoms with Crippen LogP contribution < -0.4 is 0 Å². The van der Waals surface area contributed by atoms with Gasteiger partial charge in [0.25, 0.3) is 0 Å². The van der Waals surface area contributed by atoms with Gasteiger partial charge in [-0.2, -0.15) is 0 Å². The van der Waals surface area contributed by atoms with Crippen molar-refractivity contribution in [1.82, 2.24) is 0 Å². The number of hydrogen-bond acceptors (Lipinski definition) is 5. The lowest BCUT2D eigenvalue weighted by Gasteiger charge is -2.30. The number of hydrogen-bond donors (Lipinski definition) is 1. The van der Waals surface area contributed by atoms with Gasteiger partial charge in [-0.05, 0) is 41.5 Å². The molecular formula is C15H29O6P. The van der Waals surface area contributed by atoms with Crippen LogP contribution in [0.25, 0.3) is 0 Å². The molecule has 2 unspecified atom stereocenters. The Morgan fingerprint density at radius 2 is 2.00 bits per heavy atom. The molecule has 0 bridgehead atoms. The third-order valence-electron chi connectivity index (χ3n) is 2.97. The van der Waals surface area contributed by atoms with Crippen LogP contribution in [0.5, 0.6) is 0 Å². The van der Waals surface area contributed by atoms with Crippen LogP contribution in [0.2, 0.25) is 0 Å². The maximum atomic E-state index is 12.1. The highest BCUT2D eigenvalue weighted by Crippen LogP contribution is 2.49. The molecule has 5 atom stereocenters. The highest BCUT2D eigenvalue weighted by atomic mass is 31.2. The average Bonchev–Trinajstić information content (AvgIpc) is 2.63. The van der Waals surface area contributed by atoms with Crippen molar-refractivity contribution in [2.75, 3.05) is 0 Å². The monoisotopic (exact) mass is 336 g/mol. The fraction of sp³-hybridized carbons (Fsp3) is 0.867. The van der Waals surface area contributed by atoms with Crippen molar-refractivity contribution in [1.29, 1.82) is 0 Å². The summed E-state index contributed by atoms with van der Waals surface area (Å²) in [5.41, 5.74) is -0.798. The third kappa shape index (κ3) is 6.49. The molecule has 0 aliphatic carbocycles. The maximum Gasteiger partial charge on any atom is 0.473 e. The summed E-state index contributed by atoms with van der Waals surface area (Å²) in [6.45, 7) is 14.5. The second kappa shape index (κ2) is 7.56. The fourth-order valence-corrected chi connectivity index (χ4v) is 3.65. The van der Waals surface area contributed by atoms with Gasteiger partial charge in [0, 0.05) is 6.42 Å². The average molecular weight is 336 g/mol. The van der Waals surface area contributed by atoms with Crippen LogP contribution in [0.4, 0.5) is 0 Å².